The van der Waals surface area contributed by atoms with Crippen molar-refractivity contribution in [2.24, 2.45) is 5.73 Å². The molecule has 0 aliphatic heterocycles. The molecule has 0 spiro atoms. The molecule has 1 aromatic carbocycles. The van der Waals surface area contributed by atoms with Crippen LogP contribution in [0.3, 0.4) is 0 Å². The van der Waals surface area contributed by atoms with Crippen LogP contribution in [0.1, 0.15) is 18.8 Å². The molecule has 0 fully saturated rings. The summed E-state index contributed by atoms with van der Waals surface area (Å²) in [5.74, 6) is 0.249. The summed E-state index contributed by atoms with van der Waals surface area (Å²) in [6.07, 6.45) is 0. The molecule has 2 N–H and O–H groups in total. The number of rotatable bonds is 3. The number of nitrogens with two attached hydrogens (primary N) is 1. The van der Waals surface area contributed by atoms with Crippen molar-refractivity contribution in [3.05, 3.63) is 39.2 Å². The van der Waals surface area contributed by atoms with E-state index in [1.165, 1.54) is 18.2 Å². The lowest BCUT2D eigenvalue weighted by Gasteiger charge is -1.99. The molecule has 0 aliphatic carbocycles. The normalized spacial score (nSPS) is 12.4. The Labute approximate surface area is 107 Å². The van der Waals surface area contributed by atoms with Gasteiger partial charge in [0.1, 0.15) is 5.56 Å². The van der Waals surface area contributed by atoms with E-state index in [0.29, 0.717) is 0 Å². The van der Waals surface area contributed by atoms with Crippen LogP contribution in [0.4, 0.5) is 5.69 Å². The number of nitro groups is 1. The minimum absolute atomic E-state index is 0.0143. The second kappa shape index (κ2) is 4.71. The average molecular weight is 269 g/mol. The van der Waals surface area contributed by atoms with Crippen LogP contribution < -0.4 is 5.73 Å². The van der Waals surface area contributed by atoms with E-state index in [9.17, 15) is 10.1 Å². The Hall–Kier alpha value is -1.99. The zero-order valence-electron chi connectivity index (χ0n) is 9.33. The number of nitrogens with zero attached hydrogens (tertiary/aromatic N) is 3. The van der Waals surface area contributed by atoms with Crippen molar-refractivity contribution in [3.8, 4) is 11.5 Å². The molecule has 0 bridgehead atoms. The van der Waals surface area contributed by atoms with Gasteiger partial charge in [-0.1, -0.05) is 22.8 Å². The van der Waals surface area contributed by atoms with Crippen LogP contribution in [0.15, 0.2) is 22.7 Å². The summed E-state index contributed by atoms with van der Waals surface area (Å²) in [6.45, 7) is 1.68. The summed E-state index contributed by atoms with van der Waals surface area (Å²) >= 11 is 5.93. The van der Waals surface area contributed by atoms with Crippen molar-refractivity contribution in [3.63, 3.8) is 0 Å². The average Bonchev–Trinajstić information content (AvgIpc) is 2.77. The Morgan fingerprint density at radius 2 is 2.28 bits per heavy atom. The van der Waals surface area contributed by atoms with Crippen LogP contribution in [0.2, 0.25) is 5.02 Å². The molecule has 1 atom stereocenters. The van der Waals surface area contributed by atoms with Crippen LogP contribution in [0.25, 0.3) is 11.5 Å². The summed E-state index contributed by atoms with van der Waals surface area (Å²) in [6, 6.07) is 3.88. The highest BCUT2D eigenvalue weighted by Gasteiger charge is 2.24. The van der Waals surface area contributed by atoms with Gasteiger partial charge in [0.2, 0.25) is 0 Å². The van der Waals surface area contributed by atoms with Crippen LogP contribution in [0.5, 0.6) is 0 Å². The van der Waals surface area contributed by atoms with Gasteiger partial charge < -0.3 is 10.3 Å². The molecule has 1 aromatic heterocycles. The number of hydrogen-bond acceptors (Lipinski definition) is 6. The first kappa shape index (κ1) is 12.5. The fraction of sp³-hybridized carbons (Fsp3) is 0.200. The number of nitro benzene ring substituents is 1. The number of hydrogen-bond donors (Lipinski definition) is 1. The minimum Gasteiger partial charge on any atom is -0.334 e. The standard InChI is InChI=1S/C10H9ClN4O3/c1-5(12)9-13-10(18-14-9)8-6(11)3-2-4-7(8)15(16)17/h2-5H,12H2,1H3. The molecule has 1 unspecified atom stereocenters. The van der Waals surface area contributed by atoms with Crippen LogP contribution in [0, 0.1) is 10.1 Å². The van der Waals surface area contributed by atoms with Gasteiger partial charge in [0, 0.05) is 6.07 Å². The Kier molecular flexibility index (Phi) is 3.26. The lowest BCUT2D eigenvalue weighted by Crippen LogP contribution is -2.06. The molecule has 0 saturated carbocycles. The van der Waals surface area contributed by atoms with Crippen molar-refractivity contribution < 1.29 is 9.45 Å². The Balaban J connectivity index is 2.58. The molecule has 2 aromatic rings. The summed E-state index contributed by atoms with van der Waals surface area (Å²) in [4.78, 5) is 14.4. The van der Waals surface area contributed by atoms with E-state index in [2.05, 4.69) is 10.1 Å². The molecule has 1 heterocycles. The van der Waals surface area contributed by atoms with Crippen LogP contribution in [-0.2, 0) is 0 Å². The highest BCUT2D eigenvalue weighted by atomic mass is 35.5. The Bertz CT molecular complexity index is 597. The Morgan fingerprint density at radius 1 is 1.56 bits per heavy atom. The third-order valence-corrected chi connectivity index (χ3v) is 2.57. The molecular weight excluding hydrogens is 260 g/mol. The second-order valence-corrected chi connectivity index (χ2v) is 4.04. The summed E-state index contributed by atoms with van der Waals surface area (Å²) in [5.41, 5.74) is 5.50. The summed E-state index contributed by atoms with van der Waals surface area (Å²) < 4.78 is 4.95. The van der Waals surface area contributed by atoms with Gasteiger partial charge in [-0.05, 0) is 13.0 Å². The summed E-state index contributed by atoms with van der Waals surface area (Å²) in [7, 11) is 0. The van der Waals surface area contributed by atoms with E-state index in [0.717, 1.165) is 0 Å². The van der Waals surface area contributed by atoms with Gasteiger partial charge >= 0.3 is 0 Å². The van der Waals surface area contributed by atoms with E-state index in [1.807, 2.05) is 0 Å². The first-order valence-corrected chi connectivity index (χ1v) is 5.41. The second-order valence-electron chi connectivity index (χ2n) is 3.64. The lowest BCUT2D eigenvalue weighted by atomic mass is 10.2. The highest BCUT2D eigenvalue weighted by molar-refractivity contribution is 6.33. The van der Waals surface area contributed by atoms with E-state index in [-0.39, 0.29) is 28.0 Å². The minimum atomic E-state index is -0.559. The molecule has 0 aliphatic rings. The molecule has 0 saturated heterocycles. The first-order chi connectivity index (χ1) is 8.50. The molecule has 0 amide bonds. The van der Waals surface area contributed by atoms with Crippen molar-refractivity contribution in [2.75, 3.05) is 0 Å². The summed E-state index contributed by atoms with van der Waals surface area (Å²) in [5, 5.41) is 14.7. The van der Waals surface area contributed by atoms with Gasteiger partial charge in [0.25, 0.3) is 11.6 Å². The third-order valence-electron chi connectivity index (χ3n) is 2.25. The van der Waals surface area contributed by atoms with Crippen molar-refractivity contribution in [1.29, 1.82) is 0 Å². The molecule has 0 radical (unpaired) electrons. The topological polar surface area (TPSA) is 108 Å². The van der Waals surface area contributed by atoms with Crippen molar-refractivity contribution in [2.45, 2.75) is 13.0 Å². The third kappa shape index (κ3) is 2.18. The zero-order chi connectivity index (χ0) is 13.3. The highest BCUT2D eigenvalue weighted by Crippen LogP contribution is 2.35. The van der Waals surface area contributed by atoms with Gasteiger partial charge in [-0.25, -0.2) is 0 Å². The first-order valence-electron chi connectivity index (χ1n) is 5.03. The fourth-order valence-corrected chi connectivity index (χ4v) is 1.65. The maximum absolute atomic E-state index is 10.9. The van der Waals surface area contributed by atoms with E-state index < -0.39 is 11.0 Å². The molecule has 94 valence electrons. The Morgan fingerprint density at radius 3 is 2.83 bits per heavy atom. The quantitative estimate of drug-likeness (QED) is 0.676. The lowest BCUT2D eigenvalue weighted by molar-refractivity contribution is -0.384. The number of halogens is 1. The van der Waals surface area contributed by atoms with Gasteiger partial charge in [-0.15, -0.1) is 0 Å². The van der Waals surface area contributed by atoms with Gasteiger partial charge in [-0.2, -0.15) is 4.98 Å². The van der Waals surface area contributed by atoms with E-state index in [4.69, 9.17) is 21.9 Å². The van der Waals surface area contributed by atoms with Crippen molar-refractivity contribution >= 4 is 17.3 Å². The SMILES string of the molecule is CC(N)c1noc(-c2c(Cl)cccc2[N+](=O)[O-])n1. The fourth-order valence-electron chi connectivity index (χ4n) is 1.40. The van der Waals surface area contributed by atoms with Gasteiger partial charge in [0.15, 0.2) is 5.82 Å². The molecular formula is C10H9ClN4O3. The maximum Gasteiger partial charge on any atom is 0.283 e. The van der Waals surface area contributed by atoms with Gasteiger partial charge in [-0.3, -0.25) is 10.1 Å². The van der Waals surface area contributed by atoms with E-state index >= 15 is 0 Å². The molecule has 18 heavy (non-hydrogen) atoms. The molecule has 7 nitrogen and oxygen atoms in total. The van der Waals surface area contributed by atoms with E-state index in [1.54, 1.807) is 6.92 Å². The number of aromatic nitrogens is 2. The van der Waals surface area contributed by atoms with Gasteiger partial charge in [0.05, 0.1) is 16.0 Å². The van der Waals surface area contributed by atoms with Crippen LogP contribution >= 0.6 is 11.6 Å². The molecule has 2 rings (SSSR count). The molecule has 8 heteroatoms. The monoisotopic (exact) mass is 268 g/mol. The predicted octanol–water partition coefficient (Wildman–Crippen LogP) is 2.32. The largest absolute Gasteiger partial charge is 0.334 e. The number of benzene rings is 1. The smallest absolute Gasteiger partial charge is 0.283 e. The zero-order valence-corrected chi connectivity index (χ0v) is 10.1. The van der Waals surface area contributed by atoms with Crippen LogP contribution in [-0.4, -0.2) is 15.1 Å². The predicted molar refractivity (Wildman–Crippen MR) is 64.0 cm³/mol. The van der Waals surface area contributed by atoms with Crippen molar-refractivity contribution in [1.82, 2.24) is 10.1 Å². The maximum atomic E-state index is 10.9.